The quantitative estimate of drug-likeness (QED) is 0.152. The fourth-order valence-electron chi connectivity index (χ4n) is 2.78. The third-order valence-electron chi connectivity index (χ3n) is 4.29. The molecule has 0 aliphatic heterocycles. The van der Waals surface area contributed by atoms with E-state index in [0.29, 0.717) is 0 Å². The molecular formula is C19H45FN4Si. The van der Waals surface area contributed by atoms with Gasteiger partial charge in [-0.05, 0) is 36.1 Å². The summed E-state index contributed by atoms with van der Waals surface area (Å²) in [5.41, 5.74) is 7.89. The lowest BCUT2D eigenvalue weighted by atomic mass is 10.1. The predicted molar refractivity (Wildman–Crippen MR) is 112 cm³/mol. The minimum atomic E-state index is -1.45. The van der Waals surface area contributed by atoms with Crippen molar-refractivity contribution in [3.8, 4) is 0 Å². The Morgan fingerprint density at radius 3 is 1.12 bits per heavy atom. The second-order valence-electron chi connectivity index (χ2n) is 8.01. The second kappa shape index (κ2) is 18.2. The zero-order valence-corrected chi connectivity index (χ0v) is 19.2. The summed E-state index contributed by atoms with van der Waals surface area (Å²) >= 11 is 0. The first kappa shape index (κ1) is 29.2. The number of rotatable bonds is 13. The van der Waals surface area contributed by atoms with Crippen LogP contribution in [0, 0.1) is 0 Å². The monoisotopic (exact) mass is 376 g/mol. The van der Waals surface area contributed by atoms with Gasteiger partial charge in [-0.25, -0.2) is 0 Å². The summed E-state index contributed by atoms with van der Waals surface area (Å²) in [6.07, 6.45) is 11.1. The average Bonchev–Trinajstić information content (AvgIpc) is 2.53. The highest BCUT2D eigenvalue weighted by Gasteiger charge is 2.24. The summed E-state index contributed by atoms with van der Waals surface area (Å²) in [6, 6.07) is 0. The Morgan fingerprint density at radius 1 is 0.720 bits per heavy atom. The van der Waals surface area contributed by atoms with Gasteiger partial charge in [0.1, 0.15) is 8.24 Å². The lowest BCUT2D eigenvalue weighted by Crippen LogP contribution is -3.00. The molecule has 152 valence electrons. The van der Waals surface area contributed by atoms with Gasteiger partial charge in [0, 0.05) is 0 Å². The zero-order chi connectivity index (χ0) is 18.9. The molecular weight excluding hydrogens is 331 g/mol. The molecule has 25 heavy (non-hydrogen) atoms. The van der Waals surface area contributed by atoms with Crippen LogP contribution in [0.1, 0.15) is 79.1 Å². The molecule has 0 radical (unpaired) electrons. The third-order valence-corrected chi connectivity index (χ3v) is 4.98. The zero-order valence-electron chi connectivity index (χ0n) is 18.2. The van der Waals surface area contributed by atoms with Crippen LogP contribution in [-0.2, 0) is 0 Å². The SMILES string of the molecule is CCCC[N+](CCCC)(CCCC)CCCC.C[Si](C)(C)N=[N+]=[N-].[F-]. The number of quaternary nitrogens is 1. The lowest BCUT2D eigenvalue weighted by molar-refractivity contribution is -0.929. The Balaban J connectivity index is -0.000000513. The van der Waals surface area contributed by atoms with E-state index in [2.05, 4.69) is 37.4 Å². The maximum atomic E-state index is 7.89. The van der Waals surface area contributed by atoms with E-state index >= 15 is 0 Å². The van der Waals surface area contributed by atoms with Gasteiger partial charge in [-0.1, -0.05) is 73.0 Å². The van der Waals surface area contributed by atoms with Gasteiger partial charge in [0.15, 0.2) is 0 Å². The summed E-state index contributed by atoms with van der Waals surface area (Å²) < 4.78 is 5.00. The molecule has 0 atom stereocenters. The molecule has 0 bridgehead atoms. The van der Waals surface area contributed by atoms with Crippen LogP contribution >= 0.6 is 0 Å². The van der Waals surface area contributed by atoms with Gasteiger partial charge in [0.25, 0.3) is 0 Å². The third kappa shape index (κ3) is 19.6. The Morgan fingerprint density at radius 2 is 1.00 bits per heavy atom. The molecule has 0 saturated carbocycles. The van der Waals surface area contributed by atoms with Crippen molar-refractivity contribution in [1.82, 2.24) is 0 Å². The standard InChI is InChI=1S/C16H36N.C3H9N3Si.FH/c1-5-9-13-17(14-10-6-2,15-11-7-3)16-12-8-4;1-7(2,3)6-5-4;/h5-16H2,1-4H3;1-3H3;1H/q+1;;/p-1. The van der Waals surface area contributed by atoms with E-state index in [1.165, 1.54) is 82.0 Å². The van der Waals surface area contributed by atoms with E-state index in [0.717, 1.165) is 0 Å². The van der Waals surface area contributed by atoms with Gasteiger partial charge < -0.3 is 9.19 Å². The molecule has 0 aromatic heterocycles. The van der Waals surface area contributed by atoms with Gasteiger partial charge in [-0.2, -0.15) is 0 Å². The number of nitrogens with zero attached hydrogens (tertiary/aromatic N) is 4. The van der Waals surface area contributed by atoms with E-state index in [1.807, 2.05) is 19.6 Å². The minimum Gasteiger partial charge on any atom is -1.00 e. The highest BCUT2D eigenvalue weighted by Crippen LogP contribution is 2.16. The Labute approximate surface area is 158 Å². The first-order valence-corrected chi connectivity index (χ1v) is 13.7. The van der Waals surface area contributed by atoms with Crippen LogP contribution in [0.3, 0.4) is 0 Å². The summed E-state index contributed by atoms with van der Waals surface area (Å²) in [5.74, 6) is 0. The van der Waals surface area contributed by atoms with Gasteiger partial charge in [-0.15, -0.1) is 4.78 Å². The van der Waals surface area contributed by atoms with E-state index in [-0.39, 0.29) is 4.70 Å². The molecule has 0 heterocycles. The summed E-state index contributed by atoms with van der Waals surface area (Å²) in [7, 11) is -1.45. The highest BCUT2D eigenvalue weighted by atomic mass is 28.3. The highest BCUT2D eigenvalue weighted by molar-refractivity contribution is 6.74. The van der Waals surface area contributed by atoms with E-state index < -0.39 is 8.24 Å². The number of hydrogen-bond donors (Lipinski definition) is 0. The van der Waals surface area contributed by atoms with Crippen LogP contribution in [0.4, 0.5) is 0 Å². The van der Waals surface area contributed by atoms with E-state index in [9.17, 15) is 0 Å². The van der Waals surface area contributed by atoms with Crippen molar-refractivity contribution in [2.24, 2.45) is 4.78 Å². The van der Waals surface area contributed by atoms with Crippen molar-refractivity contribution < 1.29 is 9.19 Å². The molecule has 0 unspecified atom stereocenters. The molecule has 6 heteroatoms. The van der Waals surface area contributed by atoms with Crippen molar-refractivity contribution in [2.45, 2.75) is 98.7 Å². The Kier molecular flexibility index (Phi) is 21.3. The summed E-state index contributed by atoms with van der Waals surface area (Å²) in [4.78, 5) is 2.69. The molecule has 0 amide bonds. The number of unbranched alkanes of at least 4 members (excludes halogenated alkanes) is 4. The number of halogens is 1. The molecule has 0 aromatic carbocycles. The average molecular weight is 377 g/mol. The maximum Gasteiger partial charge on any atom is 0.146 e. The summed E-state index contributed by atoms with van der Waals surface area (Å²) in [5, 5.41) is 0. The number of hydrogen-bond acceptors (Lipinski definition) is 1. The van der Waals surface area contributed by atoms with Gasteiger partial charge >= 0.3 is 0 Å². The predicted octanol–water partition coefficient (Wildman–Crippen LogP) is 4.14. The van der Waals surface area contributed by atoms with Crippen LogP contribution in [0.25, 0.3) is 10.4 Å². The smallest absolute Gasteiger partial charge is 0.146 e. The normalized spacial score (nSPS) is 11.0. The van der Waals surface area contributed by atoms with Crippen molar-refractivity contribution in [1.29, 1.82) is 0 Å². The first-order valence-electron chi connectivity index (χ1n) is 10.2. The van der Waals surface area contributed by atoms with Gasteiger partial charge in [-0.3, -0.25) is 0 Å². The van der Waals surface area contributed by atoms with Crippen molar-refractivity contribution in [3.63, 3.8) is 0 Å². The molecule has 4 nitrogen and oxygen atoms in total. The van der Waals surface area contributed by atoms with Crippen LogP contribution in [0.2, 0.25) is 19.6 Å². The van der Waals surface area contributed by atoms with Crippen LogP contribution in [0.15, 0.2) is 4.78 Å². The minimum absolute atomic E-state index is 0. The molecule has 0 rings (SSSR count). The largest absolute Gasteiger partial charge is 1.00 e. The fraction of sp³-hybridized carbons (Fsp3) is 1.00. The maximum absolute atomic E-state index is 7.89. The molecule has 0 aliphatic rings. The number of azide groups is 1. The van der Waals surface area contributed by atoms with Crippen LogP contribution < -0.4 is 4.70 Å². The second-order valence-corrected chi connectivity index (χ2v) is 12.6. The molecule has 0 N–H and O–H groups in total. The van der Waals surface area contributed by atoms with Crippen molar-refractivity contribution >= 4 is 8.24 Å². The van der Waals surface area contributed by atoms with Gasteiger partial charge in [0.05, 0.1) is 26.2 Å². The van der Waals surface area contributed by atoms with Crippen LogP contribution in [-0.4, -0.2) is 38.9 Å². The molecule has 0 saturated heterocycles. The van der Waals surface area contributed by atoms with Crippen molar-refractivity contribution in [3.05, 3.63) is 10.4 Å². The molecule has 0 aromatic rings. The van der Waals surface area contributed by atoms with E-state index in [1.54, 1.807) is 0 Å². The lowest BCUT2D eigenvalue weighted by Gasteiger charge is -2.39. The molecule has 0 fully saturated rings. The first-order chi connectivity index (χ1) is 11.3. The Hall–Kier alpha value is -0.583. The Bertz CT molecular complexity index is 288. The summed E-state index contributed by atoms with van der Waals surface area (Å²) in [6.45, 7) is 21.0. The fourth-order valence-corrected chi connectivity index (χ4v) is 3.05. The van der Waals surface area contributed by atoms with Crippen molar-refractivity contribution in [2.75, 3.05) is 26.2 Å². The van der Waals surface area contributed by atoms with E-state index in [4.69, 9.17) is 5.53 Å². The topological polar surface area (TPSA) is 48.8 Å². The van der Waals surface area contributed by atoms with Gasteiger partial charge in [0.2, 0.25) is 0 Å². The molecule has 0 aliphatic carbocycles. The molecule has 0 spiro atoms. The van der Waals surface area contributed by atoms with Crippen LogP contribution in [0.5, 0.6) is 0 Å².